The van der Waals surface area contributed by atoms with Crippen molar-refractivity contribution in [2.45, 2.75) is 13.1 Å². The summed E-state index contributed by atoms with van der Waals surface area (Å²) in [5.41, 5.74) is 2.88. The summed E-state index contributed by atoms with van der Waals surface area (Å²) in [5.74, 6) is 0.0676. The molecule has 0 atom stereocenters. The van der Waals surface area contributed by atoms with Gasteiger partial charge in [-0.3, -0.25) is 0 Å². The second kappa shape index (κ2) is 7.03. The van der Waals surface area contributed by atoms with E-state index in [2.05, 4.69) is 22.3 Å². The normalized spacial score (nSPS) is 10.9. The van der Waals surface area contributed by atoms with Gasteiger partial charge in [0.25, 0.3) is 0 Å². The first kappa shape index (κ1) is 16.0. The zero-order valence-electron chi connectivity index (χ0n) is 12.0. The minimum atomic E-state index is 0.0676. The number of benzene rings is 2. The molecule has 2 aromatic rings. The van der Waals surface area contributed by atoms with Crippen LogP contribution in [0.2, 0.25) is 10.0 Å². The summed E-state index contributed by atoms with van der Waals surface area (Å²) in [6.07, 6.45) is 0. The molecule has 3 nitrogen and oxygen atoms in total. The molecule has 0 aromatic heterocycles. The maximum absolute atomic E-state index is 9.94. The van der Waals surface area contributed by atoms with Crippen LogP contribution in [0, 0.1) is 0 Å². The summed E-state index contributed by atoms with van der Waals surface area (Å²) in [6, 6.07) is 11.4. The number of nitrogens with zero attached hydrogens (tertiary/aromatic N) is 1. The van der Waals surface area contributed by atoms with Crippen molar-refractivity contribution in [3.05, 3.63) is 57.6 Å². The van der Waals surface area contributed by atoms with Gasteiger partial charge in [0, 0.05) is 29.4 Å². The van der Waals surface area contributed by atoms with Crippen LogP contribution >= 0.6 is 23.2 Å². The number of phenolic OH excluding ortho intramolecular Hbond substituents is 1. The van der Waals surface area contributed by atoms with Gasteiger partial charge in [-0.2, -0.15) is 0 Å². The van der Waals surface area contributed by atoms with Gasteiger partial charge in [-0.05, 0) is 43.9 Å². The highest BCUT2D eigenvalue weighted by Gasteiger charge is 2.08. The third kappa shape index (κ3) is 4.53. The van der Waals surface area contributed by atoms with Crippen molar-refractivity contribution in [1.82, 2.24) is 4.90 Å². The minimum absolute atomic E-state index is 0.0676. The molecule has 2 rings (SSSR count). The zero-order chi connectivity index (χ0) is 15.4. The highest BCUT2D eigenvalue weighted by molar-refractivity contribution is 6.35. The number of phenols is 1. The highest BCUT2D eigenvalue weighted by Crippen LogP contribution is 2.31. The highest BCUT2D eigenvalue weighted by atomic mass is 35.5. The standard InChI is InChI=1S/C16H18Cl2N2O/c1-20(2)10-11-4-3-5-14(6-11)19-9-12-7-13(17)8-15(18)16(12)21/h3-8,19,21H,9-10H2,1-2H3. The molecule has 0 radical (unpaired) electrons. The molecule has 0 spiro atoms. The van der Waals surface area contributed by atoms with E-state index in [0.717, 1.165) is 12.2 Å². The second-order valence-electron chi connectivity index (χ2n) is 5.19. The van der Waals surface area contributed by atoms with Crippen molar-refractivity contribution in [3.63, 3.8) is 0 Å². The van der Waals surface area contributed by atoms with Crippen molar-refractivity contribution in [2.75, 3.05) is 19.4 Å². The van der Waals surface area contributed by atoms with Gasteiger partial charge in [-0.1, -0.05) is 35.3 Å². The molecule has 0 bridgehead atoms. The number of hydrogen-bond acceptors (Lipinski definition) is 3. The first-order valence-corrected chi connectivity index (χ1v) is 7.35. The summed E-state index contributed by atoms with van der Waals surface area (Å²) < 4.78 is 0. The Morgan fingerprint density at radius 1 is 1.14 bits per heavy atom. The molecule has 0 heterocycles. The van der Waals surface area contributed by atoms with E-state index in [1.54, 1.807) is 6.07 Å². The number of hydrogen-bond donors (Lipinski definition) is 2. The lowest BCUT2D eigenvalue weighted by Gasteiger charge is -2.13. The molecule has 5 heteroatoms. The van der Waals surface area contributed by atoms with Crippen molar-refractivity contribution < 1.29 is 5.11 Å². The molecular weight excluding hydrogens is 307 g/mol. The van der Waals surface area contributed by atoms with Gasteiger partial charge in [0.2, 0.25) is 0 Å². The Balaban J connectivity index is 2.10. The maximum Gasteiger partial charge on any atom is 0.139 e. The number of aromatic hydroxyl groups is 1. The summed E-state index contributed by atoms with van der Waals surface area (Å²) in [6.45, 7) is 1.33. The maximum atomic E-state index is 9.94. The quantitative estimate of drug-likeness (QED) is 0.857. The van der Waals surface area contributed by atoms with Crippen LogP contribution in [0.25, 0.3) is 0 Å². The molecule has 0 unspecified atom stereocenters. The lowest BCUT2D eigenvalue weighted by molar-refractivity contribution is 0.402. The zero-order valence-corrected chi connectivity index (χ0v) is 13.5. The molecule has 2 N–H and O–H groups in total. The van der Waals surface area contributed by atoms with Crippen molar-refractivity contribution in [3.8, 4) is 5.75 Å². The van der Waals surface area contributed by atoms with E-state index >= 15 is 0 Å². The smallest absolute Gasteiger partial charge is 0.139 e. The molecule has 0 saturated heterocycles. The molecule has 0 aliphatic heterocycles. The fraction of sp³-hybridized carbons (Fsp3) is 0.250. The van der Waals surface area contributed by atoms with Gasteiger partial charge < -0.3 is 15.3 Å². The van der Waals surface area contributed by atoms with Crippen molar-refractivity contribution in [1.29, 1.82) is 0 Å². The van der Waals surface area contributed by atoms with Crippen LogP contribution in [0.1, 0.15) is 11.1 Å². The number of anilines is 1. The van der Waals surface area contributed by atoms with Gasteiger partial charge >= 0.3 is 0 Å². The van der Waals surface area contributed by atoms with E-state index in [1.807, 2.05) is 26.2 Å². The Hall–Kier alpha value is -1.42. The molecule has 21 heavy (non-hydrogen) atoms. The van der Waals surface area contributed by atoms with Gasteiger partial charge in [-0.15, -0.1) is 0 Å². The van der Waals surface area contributed by atoms with E-state index in [1.165, 1.54) is 11.6 Å². The summed E-state index contributed by atoms with van der Waals surface area (Å²) in [5, 5.41) is 14.0. The lowest BCUT2D eigenvalue weighted by Crippen LogP contribution is -2.10. The molecule has 0 fully saturated rings. The minimum Gasteiger partial charge on any atom is -0.506 e. The second-order valence-corrected chi connectivity index (χ2v) is 6.03. The van der Waals surface area contributed by atoms with Crippen LogP contribution < -0.4 is 5.32 Å². The van der Waals surface area contributed by atoms with Crippen LogP contribution in [0.5, 0.6) is 5.75 Å². The summed E-state index contributed by atoms with van der Waals surface area (Å²) >= 11 is 11.9. The van der Waals surface area contributed by atoms with Gasteiger partial charge in [0.05, 0.1) is 5.02 Å². The van der Waals surface area contributed by atoms with Gasteiger partial charge in [0.15, 0.2) is 0 Å². The summed E-state index contributed by atoms with van der Waals surface area (Å²) in [7, 11) is 4.07. The monoisotopic (exact) mass is 324 g/mol. The van der Waals surface area contributed by atoms with Crippen molar-refractivity contribution >= 4 is 28.9 Å². The number of halogens is 2. The SMILES string of the molecule is CN(C)Cc1cccc(NCc2cc(Cl)cc(Cl)c2O)c1. The Morgan fingerprint density at radius 2 is 1.90 bits per heavy atom. The topological polar surface area (TPSA) is 35.5 Å². The first-order valence-electron chi connectivity index (χ1n) is 6.60. The molecule has 0 aliphatic rings. The van der Waals surface area contributed by atoms with E-state index in [4.69, 9.17) is 23.2 Å². The fourth-order valence-electron chi connectivity index (χ4n) is 2.10. The third-order valence-electron chi connectivity index (χ3n) is 3.02. The Labute approximate surface area is 135 Å². The predicted octanol–water partition coefficient (Wildman–Crippen LogP) is 4.37. The number of rotatable bonds is 5. The van der Waals surface area contributed by atoms with Gasteiger partial charge in [0.1, 0.15) is 5.75 Å². The Bertz CT molecular complexity index is 630. The fourth-order valence-corrected chi connectivity index (χ4v) is 2.63. The number of nitrogens with one attached hydrogen (secondary N) is 1. The molecule has 2 aromatic carbocycles. The van der Waals surface area contributed by atoms with E-state index in [-0.39, 0.29) is 10.8 Å². The van der Waals surface area contributed by atoms with Crippen molar-refractivity contribution in [2.24, 2.45) is 0 Å². The predicted molar refractivity (Wildman–Crippen MR) is 89.3 cm³/mol. The third-order valence-corrected chi connectivity index (χ3v) is 3.52. The molecule has 0 aliphatic carbocycles. The van der Waals surface area contributed by atoms with Crippen LogP contribution in [0.3, 0.4) is 0 Å². The first-order chi connectivity index (χ1) is 9.95. The average Bonchev–Trinajstić information content (AvgIpc) is 2.41. The molecular formula is C16H18Cl2N2O. The molecule has 0 amide bonds. The van der Waals surface area contributed by atoms with Crippen LogP contribution in [0.4, 0.5) is 5.69 Å². The largest absolute Gasteiger partial charge is 0.506 e. The lowest BCUT2D eigenvalue weighted by atomic mass is 10.1. The van der Waals surface area contributed by atoms with Crippen LogP contribution in [-0.2, 0) is 13.1 Å². The van der Waals surface area contributed by atoms with E-state index in [0.29, 0.717) is 17.1 Å². The molecule has 0 saturated carbocycles. The van der Waals surface area contributed by atoms with E-state index < -0.39 is 0 Å². The van der Waals surface area contributed by atoms with Crippen LogP contribution in [0.15, 0.2) is 36.4 Å². The van der Waals surface area contributed by atoms with Gasteiger partial charge in [-0.25, -0.2) is 0 Å². The molecule has 112 valence electrons. The van der Waals surface area contributed by atoms with Crippen LogP contribution in [-0.4, -0.2) is 24.1 Å². The van der Waals surface area contributed by atoms with E-state index in [9.17, 15) is 5.11 Å². The Morgan fingerprint density at radius 3 is 2.62 bits per heavy atom. The Kier molecular flexibility index (Phi) is 5.34. The average molecular weight is 325 g/mol. The summed E-state index contributed by atoms with van der Waals surface area (Å²) in [4.78, 5) is 2.11.